The van der Waals surface area contributed by atoms with Crippen molar-refractivity contribution in [2.75, 3.05) is 11.9 Å². The Morgan fingerprint density at radius 1 is 1.11 bits per heavy atom. The van der Waals surface area contributed by atoms with E-state index in [-0.39, 0.29) is 0 Å². The minimum Gasteiger partial charge on any atom is -0.354 e. The van der Waals surface area contributed by atoms with Crippen molar-refractivity contribution in [3.63, 3.8) is 0 Å². The molecule has 4 nitrogen and oxygen atoms in total. The Morgan fingerprint density at radius 2 is 1.89 bits per heavy atom. The van der Waals surface area contributed by atoms with E-state index >= 15 is 0 Å². The van der Waals surface area contributed by atoms with Gasteiger partial charge in [-0.25, -0.2) is 4.98 Å². The molecular weight excluding hydrogens is 236 g/mol. The Bertz CT molecular complexity index is 566. The zero-order valence-electron chi connectivity index (χ0n) is 11.7. The highest BCUT2D eigenvalue weighted by Crippen LogP contribution is 2.15. The molecule has 0 aliphatic rings. The van der Waals surface area contributed by atoms with Crippen LogP contribution in [0.2, 0.25) is 0 Å². The summed E-state index contributed by atoms with van der Waals surface area (Å²) >= 11 is 0. The fourth-order valence-electron chi connectivity index (χ4n) is 2.05. The van der Waals surface area contributed by atoms with E-state index in [1.807, 2.05) is 51.2 Å². The second-order valence-electron chi connectivity index (χ2n) is 4.81. The summed E-state index contributed by atoms with van der Waals surface area (Å²) in [6, 6.07) is 10.1. The van der Waals surface area contributed by atoms with Gasteiger partial charge in [0.25, 0.3) is 0 Å². The number of nitrogens with zero attached hydrogens (tertiary/aromatic N) is 3. The molecule has 0 unspecified atom stereocenters. The molecule has 0 saturated carbocycles. The fraction of sp³-hybridized carbons (Fsp3) is 0.333. The zero-order valence-corrected chi connectivity index (χ0v) is 11.7. The van der Waals surface area contributed by atoms with Crippen molar-refractivity contribution in [2.45, 2.75) is 26.9 Å². The van der Waals surface area contributed by atoms with Crippen molar-refractivity contribution in [2.24, 2.45) is 5.73 Å². The normalized spacial score (nSPS) is 10.5. The number of hydrogen-bond acceptors (Lipinski definition) is 4. The molecule has 0 aliphatic heterocycles. The first-order valence-electron chi connectivity index (χ1n) is 6.40. The summed E-state index contributed by atoms with van der Waals surface area (Å²) in [5, 5.41) is 0. The third-order valence-electron chi connectivity index (χ3n) is 2.97. The molecule has 0 spiro atoms. The zero-order chi connectivity index (χ0) is 13.8. The largest absolute Gasteiger partial charge is 0.354 e. The van der Waals surface area contributed by atoms with Gasteiger partial charge in [0.2, 0.25) is 0 Å². The van der Waals surface area contributed by atoms with E-state index in [9.17, 15) is 0 Å². The molecule has 19 heavy (non-hydrogen) atoms. The minimum atomic E-state index is 0.535. The summed E-state index contributed by atoms with van der Waals surface area (Å²) in [5.74, 6) is 0.934. The van der Waals surface area contributed by atoms with Crippen LogP contribution in [0.15, 0.2) is 30.3 Å². The maximum Gasteiger partial charge on any atom is 0.129 e. The van der Waals surface area contributed by atoms with Gasteiger partial charge in [0.1, 0.15) is 5.82 Å². The summed E-state index contributed by atoms with van der Waals surface area (Å²) in [5.41, 5.74) is 9.87. The lowest BCUT2D eigenvalue weighted by Crippen LogP contribution is -2.19. The van der Waals surface area contributed by atoms with E-state index in [1.165, 1.54) is 0 Å². The number of aromatic nitrogens is 2. The quantitative estimate of drug-likeness (QED) is 0.911. The molecule has 0 amide bonds. The van der Waals surface area contributed by atoms with E-state index in [4.69, 9.17) is 5.73 Å². The lowest BCUT2D eigenvalue weighted by molar-refractivity contribution is 0.851. The second kappa shape index (κ2) is 5.80. The van der Waals surface area contributed by atoms with Crippen LogP contribution in [0.4, 0.5) is 5.82 Å². The molecule has 0 aliphatic carbocycles. The number of pyridine rings is 2. The predicted octanol–water partition coefficient (Wildman–Crippen LogP) is 2.19. The van der Waals surface area contributed by atoms with Crippen LogP contribution in [-0.4, -0.2) is 17.0 Å². The molecule has 4 heteroatoms. The predicted molar refractivity (Wildman–Crippen MR) is 77.9 cm³/mol. The minimum absolute atomic E-state index is 0.535. The van der Waals surface area contributed by atoms with Gasteiger partial charge >= 0.3 is 0 Å². The van der Waals surface area contributed by atoms with Crippen LogP contribution in [-0.2, 0) is 13.1 Å². The van der Waals surface area contributed by atoms with Crippen molar-refractivity contribution in [1.29, 1.82) is 0 Å². The SMILES string of the molecule is Cc1cccc(CN(C)c2cc(CN)cc(C)n2)n1. The number of nitrogens with two attached hydrogens (primary N) is 1. The van der Waals surface area contributed by atoms with Gasteiger partial charge in [-0.05, 0) is 43.7 Å². The molecule has 2 rings (SSSR count). The van der Waals surface area contributed by atoms with Gasteiger partial charge in [0.15, 0.2) is 0 Å². The van der Waals surface area contributed by atoms with E-state index in [0.29, 0.717) is 6.54 Å². The summed E-state index contributed by atoms with van der Waals surface area (Å²) < 4.78 is 0. The number of anilines is 1. The monoisotopic (exact) mass is 256 g/mol. The van der Waals surface area contributed by atoms with Crippen LogP contribution in [0.5, 0.6) is 0 Å². The summed E-state index contributed by atoms with van der Waals surface area (Å²) in [7, 11) is 2.02. The highest BCUT2D eigenvalue weighted by atomic mass is 15.2. The molecule has 0 saturated heterocycles. The molecule has 100 valence electrons. The van der Waals surface area contributed by atoms with Gasteiger partial charge in [-0.1, -0.05) is 6.07 Å². The fourth-order valence-corrected chi connectivity index (χ4v) is 2.05. The Kier molecular flexibility index (Phi) is 4.12. The molecule has 2 heterocycles. The van der Waals surface area contributed by atoms with Gasteiger partial charge in [-0.3, -0.25) is 4.98 Å². The average molecular weight is 256 g/mol. The molecule has 0 radical (unpaired) electrons. The van der Waals surface area contributed by atoms with Gasteiger partial charge in [-0.15, -0.1) is 0 Å². The molecule has 2 aromatic rings. The van der Waals surface area contributed by atoms with E-state index in [1.54, 1.807) is 0 Å². The first kappa shape index (κ1) is 13.5. The summed E-state index contributed by atoms with van der Waals surface area (Å²) in [6.45, 7) is 5.26. The van der Waals surface area contributed by atoms with Crippen LogP contribution in [0.1, 0.15) is 22.6 Å². The smallest absolute Gasteiger partial charge is 0.129 e. The van der Waals surface area contributed by atoms with E-state index in [0.717, 1.165) is 35.0 Å². The Morgan fingerprint density at radius 3 is 2.58 bits per heavy atom. The number of aryl methyl sites for hydroxylation is 2. The molecule has 0 aromatic carbocycles. The Labute approximate surface area is 114 Å². The summed E-state index contributed by atoms with van der Waals surface area (Å²) in [6.07, 6.45) is 0. The van der Waals surface area contributed by atoms with Crippen molar-refractivity contribution < 1.29 is 0 Å². The molecule has 0 atom stereocenters. The van der Waals surface area contributed by atoms with Crippen LogP contribution < -0.4 is 10.6 Å². The number of rotatable bonds is 4. The molecule has 2 aromatic heterocycles. The maximum absolute atomic E-state index is 5.70. The van der Waals surface area contributed by atoms with Crippen molar-refractivity contribution in [3.05, 3.63) is 53.0 Å². The van der Waals surface area contributed by atoms with Gasteiger partial charge < -0.3 is 10.6 Å². The van der Waals surface area contributed by atoms with E-state index in [2.05, 4.69) is 14.9 Å². The third-order valence-corrected chi connectivity index (χ3v) is 2.97. The Hall–Kier alpha value is -1.94. The van der Waals surface area contributed by atoms with Crippen LogP contribution >= 0.6 is 0 Å². The van der Waals surface area contributed by atoms with Gasteiger partial charge in [0.05, 0.1) is 12.2 Å². The topological polar surface area (TPSA) is 55.0 Å². The Balaban J connectivity index is 2.20. The lowest BCUT2D eigenvalue weighted by atomic mass is 10.2. The molecular formula is C15H20N4. The lowest BCUT2D eigenvalue weighted by Gasteiger charge is -2.19. The molecule has 0 fully saturated rings. The van der Waals surface area contributed by atoms with Crippen LogP contribution in [0, 0.1) is 13.8 Å². The van der Waals surface area contributed by atoms with E-state index < -0.39 is 0 Å². The summed E-state index contributed by atoms with van der Waals surface area (Å²) in [4.78, 5) is 11.1. The van der Waals surface area contributed by atoms with Crippen molar-refractivity contribution >= 4 is 5.82 Å². The third kappa shape index (κ3) is 3.51. The van der Waals surface area contributed by atoms with Gasteiger partial charge in [0, 0.05) is 25.0 Å². The molecule has 0 bridgehead atoms. The average Bonchev–Trinajstić information content (AvgIpc) is 2.38. The van der Waals surface area contributed by atoms with Crippen molar-refractivity contribution in [1.82, 2.24) is 9.97 Å². The second-order valence-corrected chi connectivity index (χ2v) is 4.81. The standard InChI is InChI=1S/C15H20N4/c1-11-5-4-6-14(17-11)10-19(3)15-8-13(9-16)7-12(2)18-15/h4-8H,9-10,16H2,1-3H3. The maximum atomic E-state index is 5.70. The highest BCUT2D eigenvalue weighted by Gasteiger charge is 2.06. The highest BCUT2D eigenvalue weighted by molar-refractivity contribution is 5.42. The molecule has 2 N–H and O–H groups in total. The first-order chi connectivity index (χ1) is 9.08. The van der Waals surface area contributed by atoms with Crippen molar-refractivity contribution in [3.8, 4) is 0 Å². The van der Waals surface area contributed by atoms with Gasteiger partial charge in [-0.2, -0.15) is 0 Å². The van der Waals surface area contributed by atoms with Crippen LogP contribution in [0.25, 0.3) is 0 Å². The number of hydrogen-bond donors (Lipinski definition) is 1. The van der Waals surface area contributed by atoms with Crippen LogP contribution in [0.3, 0.4) is 0 Å². The first-order valence-corrected chi connectivity index (χ1v) is 6.40.